The van der Waals surface area contributed by atoms with Crippen LogP contribution in [-0.4, -0.2) is 43.4 Å². The van der Waals surface area contributed by atoms with Crippen LogP contribution in [0, 0.1) is 10.8 Å². The molecule has 0 unspecified atom stereocenters. The van der Waals surface area contributed by atoms with E-state index in [2.05, 4.69) is 45.9 Å². The molecule has 2 aliphatic rings. The second-order valence-corrected chi connectivity index (χ2v) is 10.1. The predicted molar refractivity (Wildman–Crippen MR) is 128 cm³/mol. The van der Waals surface area contributed by atoms with Gasteiger partial charge in [0.15, 0.2) is 5.78 Å². The van der Waals surface area contributed by atoms with Gasteiger partial charge in [-0.25, -0.2) is 0 Å². The zero-order chi connectivity index (χ0) is 23.2. The Hall–Kier alpha value is -2.20. The molecular weight excluding hydrogens is 386 g/mol. The summed E-state index contributed by atoms with van der Waals surface area (Å²) in [7, 11) is 1.66. The third-order valence-electron chi connectivity index (χ3n) is 6.40. The van der Waals surface area contributed by atoms with Crippen LogP contribution >= 0.6 is 0 Å². The van der Waals surface area contributed by atoms with Crippen molar-refractivity contribution >= 4 is 11.7 Å². The first-order valence-electron chi connectivity index (χ1n) is 11.2. The normalized spacial score (nSPS) is 21.5. The summed E-state index contributed by atoms with van der Waals surface area (Å²) in [6, 6.07) is 0. The summed E-state index contributed by atoms with van der Waals surface area (Å²) in [5.74, 6) is -0.116. The van der Waals surface area contributed by atoms with E-state index in [1.807, 2.05) is 26.0 Å². The fourth-order valence-electron chi connectivity index (χ4n) is 4.04. The monoisotopic (exact) mass is 425 g/mol. The Bertz CT molecular complexity index is 848. The zero-order valence-electron chi connectivity index (χ0n) is 20.4. The smallest absolute Gasteiger partial charge is 0.246 e. The van der Waals surface area contributed by atoms with Crippen LogP contribution in [0.4, 0.5) is 0 Å². The molecule has 4 nitrogen and oxygen atoms in total. The van der Waals surface area contributed by atoms with Gasteiger partial charge in [-0.3, -0.25) is 9.59 Å². The highest BCUT2D eigenvalue weighted by molar-refractivity contribution is 5.94. The van der Waals surface area contributed by atoms with Gasteiger partial charge in [0.2, 0.25) is 5.91 Å². The first kappa shape index (κ1) is 25.1. The highest BCUT2D eigenvalue weighted by Crippen LogP contribution is 2.40. The molecule has 1 fully saturated rings. The molecule has 1 heterocycles. The van der Waals surface area contributed by atoms with Gasteiger partial charge >= 0.3 is 0 Å². The molecule has 1 aliphatic heterocycles. The maximum Gasteiger partial charge on any atom is 0.246 e. The SMILES string of the molecule is CC1=C(/C=C/C(C)=C\C=C\C(C)=C\C(=O)N(C)CC(=O)C2(C)COC2)C(C)(C)CCC1. The van der Waals surface area contributed by atoms with Gasteiger partial charge < -0.3 is 9.64 Å². The summed E-state index contributed by atoms with van der Waals surface area (Å²) in [5.41, 5.74) is 4.76. The molecule has 0 bridgehead atoms. The maximum atomic E-state index is 12.4. The van der Waals surface area contributed by atoms with Crippen molar-refractivity contribution in [2.45, 2.75) is 60.8 Å². The van der Waals surface area contributed by atoms with E-state index >= 15 is 0 Å². The second kappa shape index (κ2) is 10.4. The van der Waals surface area contributed by atoms with Crippen LogP contribution in [0.1, 0.15) is 60.8 Å². The van der Waals surface area contributed by atoms with Crippen molar-refractivity contribution in [3.63, 3.8) is 0 Å². The highest BCUT2D eigenvalue weighted by atomic mass is 16.5. The first-order valence-corrected chi connectivity index (χ1v) is 11.2. The molecule has 2 rings (SSSR count). The number of ketones is 1. The number of carbonyl (C=O) groups is 2. The van der Waals surface area contributed by atoms with Crippen molar-refractivity contribution in [1.29, 1.82) is 0 Å². The molecule has 0 saturated carbocycles. The third-order valence-corrected chi connectivity index (χ3v) is 6.40. The van der Waals surface area contributed by atoms with Gasteiger partial charge in [0.25, 0.3) is 0 Å². The predicted octanol–water partition coefficient (Wildman–Crippen LogP) is 5.58. The number of amides is 1. The van der Waals surface area contributed by atoms with Crippen LogP contribution in [0.2, 0.25) is 0 Å². The molecule has 0 spiro atoms. The molecule has 0 aromatic carbocycles. The van der Waals surface area contributed by atoms with Crippen LogP contribution in [-0.2, 0) is 14.3 Å². The number of rotatable bonds is 8. The molecule has 4 heteroatoms. The first-order chi connectivity index (χ1) is 14.4. The largest absolute Gasteiger partial charge is 0.379 e. The molecule has 0 aromatic rings. The quantitative estimate of drug-likeness (QED) is 0.377. The van der Waals surface area contributed by atoms with Crippen molar-refractivity contribution < 1.29 is 14.3 Å². The lowest BCUT2D eigenvalue weighted by Crippen LogP contribution is -2.50. The minimum Gasteiger partial charge on any atom is -0.379 e. The molecule has 0 radical (unpaired) electrons. The molecule has 0 atom stereocenters. The minimum absolute atomic E-state index is 0.0491. The van der Waals surface area contributed by atoms with Gasteiger partial charge in [0.05, 0.1) is 25.2 Å². The van der Waals surface area contributed by atoms with Gasteiger partial charge in [-0.15, -0.1) is 0 Å². The number of hydrogen-bond acceptors (Lipinski definition) is 3. The number of ether oxygens (including phenoxy) is 1. The van der Waals surface area contributed by atoms with E-state index < -0.39 is 5.41 Å². The van der Waals surface area contributed by atoms with E-state index in [0.717, 1.165) is 11.1 Å². The maximum absolute atomic E-state index is 12.4. The average Bonchev–Trinajstić information content (AvgIpc) is 2.64. The fourth-order valence-corrected chi connectivity index (χ4v) is 4.04. The minimum atomic E-state index is -0.440. The Morgan fingerprint density at radius 1 is 1.10 bits per heavy atom. The average molecular weight is 426 g/mol. The summed E-state index contributed by atoms with van der Waals surface area (Å²) in [6.45, 7) is 13.8. The van der Waals surface area contributed by atoms with E-state index in [9.17, 15) is 9.59 Å². The molecule has 170 valence electrons. The van der Waals surface area contributed by atoms with Gasteiger partial charge in [0.1, 0.15) is 0 Å². The number of Topliss-reactive ketones (excluding diaryl/α,β-unsaturated/α-hetero) is 1. The number of hydrogen-bond donors (Lipinski definition) is 0. The van der Waals surface area contributed by atoms with E-state index in [4.69, 9.17) is 4.74 Å². The van der Waals surface area contributed by atoms with Crippen LogP contribution in [0.25, 0.3) is 0 Å². The van der Waals surface area contributed by atoms with E-state index in [-0.39, 0.29) is 23.7 Å². The lowest BCUT2D eigenvalue weighted by Gasteiger charge is -2.37. The number of likely N-dealkylation sites (N-methyl/N-ethyl adjacent to an activating group) is 1. The lowest BCUT2D eigenvalue weighted by molar-refractivity contribution is -0.157. The van der Waals surface area contributed by atoms with E-state index in [0.29, 0.717) is 13.2 Å². The fraction of sp³-hybridized carbons (Fsp3) is 0.556. The summed E-state index contributed by atoms with van der Waals surface area (Å²) >= 11 is 0. The molecule has 1 amide bonds. The summed E-state index contributed by atoms with van der Waals surface area (Å²) in [6.07, 6.45) is 15.6. The molecule has 0 aromatic heterocycles. The van der Waals surface area contributed by atoms with Crippen molar-refractivity contribution in [3.8, 4) is 0 Å². The van der Waals surface area contributed by atoms with Crippen molar-refractivity contribution in [2.75, 3.05) is 26.8 Å². The van der Waals surface area contributed by atoms with Crippen molar-refractivity contribution in [2.24, 2.45) is 10.8 Å². The third kappa shape index (κ3) is 6.90. The Labute approximate surface area is 188 Å². The van der Waals surface area contributed by atoms with Crippen LogP contribution in [0.3, 0.4) is 0 Å². The zero-order valence-corrected chi connectivity index (χ0v) is 20.4. The molecule has 0 N–H and O–H groups in total. The van der Waals surface area contributed by atoms with Gasteiger partial charge in [-0.1, -0.05) is 55.4 Å². The van der Waals surface area contributed by atoms with Gasteiger partial charge in [0, 0.05) is 13.1 Å². The second-order valence-electron chi connectivity index (χ2n) is 10.1. The highest BCUT2D eigenvalue weighted by Gasteiger charge is 2.41. The van der Waals surface area contributed by atoms with Crippen LogP contribution in [0.15, 0.2) is 58.7 Å². The molecule has 1 aliphatic carbocycles. The Balaban J connectivity index is 1.92. The Morgan fingerprint density at radius 2 is 1.77 bits per heavy atom. The summed E-state index contributed by atoms with van der Waals surface area (Å²) in [5, 5.41) is 0. The number of nitrogens with zero attached hydrogens (tertiary/aromatic N) is 1. The van der Waals surface area contributed by atoms with Crippen molar-refractivity contribution in [3.05, 3.63) is 58.7 Å². The Morgan fingerprint density at radius 3 is 2.35 bits per heavy atom. The topological polar surface area (TPSA) is 46.6 Å². The standard InChI is InChI=1S/C27H39NO3/c1-20(13-14-23-22(3)12-9-15-26(23,4)5)10-8-11-21(2)16-25(30)28(7)17-24(29)27(6)18-31-19-27/h8,10-11,13-14,16H,9,12,15,17-19H2,1-7H3/b11-8+,14-13+,20-10-,21-16+. The summed E-state index contributed by atoms with van der Waals surface area (Å²) in [4.78, 5) is 26.2. The number of carbonyl (C=O) groups excluding carboxylic acids is 2. The molecule has 31 heavy (non-hydrogen) atoms. The summed E-state index contributed by atoms with van der Waals surface area (Å²) < 4.78 is 5.14. The lowest BCUT2D eigenvalue weighted by atomic mass is 9.72. The van der Waals surface area contributed by atoms with Gasteiger partial charge in [-0.2, -0.15) is 0 Å². The van der Waals surface area contributed by atoms with E-state index in [1.165, 1.54) is 35.3 Å². The molecular formula is C27H39NO3. The molecule has 1 saturated heterocycles. The van der Waals surface area contributed by atoms with Crippen LogP contribution < -0.4 is 0 Å². The Kier molecular flexibility index (Phi) is 8.41. The van der Waals surface area contributed by atoms with E-state index in [1.54, 1.807) is 13.1 Å². The number of allylic oxidation sites excluding steroid dienone is 9. The van der Waals surface area contributed by atoms with Gasteiger partial charge in [-0.05, 0) is 63.5 Å². The van der Waals surface area contributed by atoms with Crippen LogP contribution in [0.5, 0.6) is 0 Å². The van der Waals surface area contributed by atoms with Crippen molar-refractivity contribution in [1.82, 2.24) is 4.90 Å².